The molecule has 1 heterocycles. The van der Waals surface area contributed by atoms with Gasteiger partial charge in [0.2, 0.25) is 12.4 Å². The zero-order chi connectivity index (χ0) is 24.7. The molecule has 5 atom stereocenters. The number of carbonyl (C=O) groups excluding carboxylic acids is 4. The second-order valence-electron chi connectivity index (χ2n) is 7.78. The molecule has 33 heavy (non-hydrogen) atoms. The second-order valence-corrected chi connectivity index (χ2v) is 7.78. The van der Waals surface area contributed by atoms with Crippen molar-refractivity contribution in [2.24, 2.45) is 5.92 Å². The zero-order valence-electron chi connectivity index (χ0n) is 19.0. The minimum Gasteiger partial charge on any atom is -0.460 e. The summed E-state index contributed by atoms with van der Waals surface area (Å²) < 4.78 is 22.5. The van der Waals surface area contributed by atoms with Crippen LogP contribution in [0.4, 0.5) is 0 Å². The highest BCUT2D eigenvalue weighted by Crippen LogP contribution is 2.34. The van der Waals surface area contributed by atoms with Gasteiger partial charge < -0.3 is 24.1 Å². The van der Waals surface area contributed by atoms with Crippen LogP contribution in [0.2, 0.25) is 0 Å². The Labute approximate surface area is 192 Å². The van der Waals surface area contributed by atoms with E-state index in [0.717, 1.165) is 0 Å². The highest BCUT2D eigenvalue weighted by molar-refractivity contribution is 5.99. The molecule has 1 aliphatic heterocycles. The van der Waals surface area contributed by atoms with Crippen LogP contribution in [0.5, 0.6) is 5.75 Å². The van der Waals surface area contributed by atoms with E-state index in [4.69, 9.17) is 25.4 Å². The molecule has 0 aromatic heterocycles. The summed E-state index contributed by atoms with van der Waals surface area (Å²) >= 11 is 0. The Kier molecular flexibility index (Phi) is 9.14. The van der Waals surface area contributed by atoms with Crippen molar-refractivity contribution in [2.45, 2.75) is 71.7 Å². The smallest absolute Gasteiger partial charge is 0.303 e. The summed E-state index contributed by atoms with van der Waals surface area (Å²) in [5.74, 6) is -0.139. The maximum absolute atomic E-state index is 12.7. The summed E-state index contributed by atoms with van der Waals surface area (Å²) in [5, 5.41) is 9.46. The van der Waals surface area contributed by atoms with Crippen LogP contribution in [-0.2, 0) is 35.2 Å². The summed E-state index contributed by atoms with van der Waals surface area (Å²) in [6, 6.07) is 4.47. The molecule has 0 unspecified atom stereocenters. The molecule has 0 bridgehead atoms. The minimum atomic E-state index is -1.36. The van der Waals surface area contributed by atoms with Crippen molar-refractivity contribution >= 4 is 23.5 Å². The first-order chi connectivity index (χ1) is 15.6. The number of benzene rings is 1. The molecule has 0 saturated carbocycles. The Bertz CT molecular complexity index is 946. The Hall–Kier alpha value is -3.22. The SMILES string of the molecule is C#CCCC(=O)c1cc(CO)ccc1O[C@@H]1O[C@H](C(C)=O)[C@@H](C)[C@H](OC(C)=O)[C@H]1OC(C)=O. The third kappa shape index (κ3) is 6.63. The first-order valence-corrected chi connectivity index (χ1v) is 10.5. The fraction of sp³-hybridized carbons (Fsp3) is 0.500. The van der Waals surface area contributed by atoms with Gasteiger partial charge in [-0.2, -0.15) is 0 Å². The van der Waals surface area contributed by atoms with Crippen molar-refractivity contribution in [2.75, 3.05) is 0 Å². The molecule has 1 aromatic carbocycles. The van der Waals surface area contributed by atoms with E-state index in [9.17, 15) is 24.3 Å². The molecule has 0 aliphatic carbocycles. The van der Waals surface area contributed by atoms with E-state index >= 15 is 0 Å². The van der Waals surface area contributed by atoms with Crippen LogP contribution in [0.25, 0.3) is 0 Å². The quantitative estimate of drug-likeness (QED) is 0.334. The van der Waals surface area contributed by atoms with Gasteiger partial charge in [-0.25, -0.2) is 0 Å². The lowest BCUT2D eigenvalue weighted by molar-refractivity contribution is -0.261. The predicted molar refractivity (Wildman–Crippen MR) is 115 cm³/mol. The van der Waals surface area contributed by atoms with Crippen molar-refractivity contribution in [3.63, 3.8) is 0 Å². The molecule has 9 nitrogen and oxygen atoms in total. The number of Topliss-reactive ketones (excluding diaryl/α,β-unsaturated/α-hetero) is 2. The highest BCUT2D eigenvalue weighted by atomic mass is 16.7. The summed E-state index contributed by atoms with van der Waals surface area (Å²) in [6.45, 7) is 5.03. The van der Waals surface area contributed by atoms with Crippen LogP contribution in [0, 0.1) is 18.3 Å². The van der Waals surface area contributed by atoms with Gasteiger partial charge >= 0.3 is 11.9 Å². The molecule has 1 fully saturated rings. The molecule has 0 radical (unpaired) electrons. The molecule has 178 valence electrons. The van der Waals surface area contributed by atoms with Crippen LogP contribution in [-0.4, -0.2) is 53.2 Å². The first kappa shape index (κ1) is 26.0. The lowest BCUT2D eigenvalue weighted by Gasteiger charge is -2.43. The molecule has 0 spiro atoms. The van der Waals surface area contributed by atoms with Gasteiger partial charge in [0.1, 0.15) is 11.9 Å². The number of rotatable bonds is 9. The summed E-state index contributed by atoms with van der Waals surface area (Å²) in [5.41, 5.74) is 0.615. The maximum Gasteiger partial charge on any atom is 0.303 e. The van der Waals surface area contributed by atoms with Gasteiger partial charge in [0, 0.05) is 32.6 Å². The number of carbonyl (C=O) groups is 4. The molecular formula is C24H28O9. The number of terminal acetylenes is 1. The van der Waals surface area contributed by atoms with E-state index in [1.165, 1.54) is 32.9 Å². The Balaban J connectivity index is 2.49. The summed E-state index contributed by atoms with van der Waals surface area (Å²) in [7, 11) is 0. The maximum atomic E-state index is 12.7. The Morgan fingerprint density at radius 2 is 1.73 bits per heavy atom. The van der Waals surface area contributed by atoms with Crippen molar-refractivity contribution in [3.05, 3.63) is 29.3 Å². The van der Waals surface area contributed by atoms with Gasteiger partial charge in [-0.3, -0.25) is 19.2 Å². The third-order valence-corrected chi connectivity index (χ3v) is 5.14. The van der Waals surface area contributed by atoms with Gasteiger partial charge in [0.05, 0.1) is 12.2 Å². The fourth-order valence-corrected chi connectivity index (χ4v) is 3.66. The first-order valence-electron chi connectivity index (χ1n) is 10.5. The molecule has 1 saturated heterocycles. The summed E-state index contributed by atoms with van der Waals surface area (Å²) in [6.07, 6.45) is 0.903. The molecule has 1 N–H and O–H groups in total. The monoisotopic (exact) mass is 460 g/mol. The number of ketones is 2. The van der Waals surface area contributed by atoms with E-state index in [-0.39, 0.29) is 42.3 Å². The van der Waals surface area contributed by atoms with Crippen molar-refractivity contribution in [1.29, 1.82) is 0 Å². The van der Waals surface area contributed by atoms with Crippen molar-refractivity contribution in [3.8, 4) is 18.1 Å². The van der Waals surface area contributed by atoms with E-state index in [2.05, 4.69) is 5.92 Å². The van der Waals surface area contributed by atoms with Gasteiger partial charge in [-0.1, -0.05) is 13.0 Å². The number of hydrogen-bond donors (Lipinski definition) is 1. The van der Waals surface area contributed by atoms with Crippen molar-refractivity contribution < 1.29 is 43.2 Å². The molecular weight excluding hydrogens is 432 g/mol. The van der Waals surface area contributed by atoms with Crippen LogP contribution in [0.3, 0.4) is 0 Å². The van der Waals surface area contributed by atoms with E-state index in [1.54, 1.807) is 13.0 Å². The highest BCUT2D eigenvalue weighted by Gasteiger charge is 2.50. The average Bonchev–Trinajstić information content (AvgIpc) is 2.75. The van der Waals surface area contributed by atoms with Crippen LogP contribution >= 0.6 is 0 Å². The largest absolute Gasteiger partial charge is 0.460 e. The molecule has 9 heteroatoms. The topological polar surface area (TPSA) is 125 Å². The van der Waals surface area contributed by atoms with Crippen LogP contribution in [0.1, 0.15) is 56.5 Å². The Morgan fingerprint density at radius 1 is 1.09 bits per heavy atom. The predicted octanol–water partition coefficient (Wildman–Crippen LogP) is 1.97. The lowest BCUT2D eigenvalue weighted by Crippen LogP contribution is -2.59. The number of aliphatic hydroxyl groups is 1. The van der Waals surface area contributed by atoms with Crippen LogP contribution < -0.4 is 4.74 Å². The summed E-state index contributed by atoms with van der Waals surface area (Å²) in [4.78, 5) is 48.5. The molecule has 1 aromatic rings. The molecule has 1 aliphatic rings. The fourth-order valence-electron chi connectivity index (χ4n) is 3.66. The Morgan fingerprint density at radius 3 is 2.27 bits per heavy atom. The van der Waals surface area contributed by atoms with Gasteiger partial charge in [0.15, 0.2) is 17.7 Å². The normalized spacial score (nSPS) is 24.3. The molecule has 2 rings (SSSR count). The number of ether oxygens (including phenoxy) is 4. The minimum absolute atomic E-state index is 0.0455. The van der Waals surface area contributed by atoms with Crippen molar-refractivity contribution in [1.82, 2.24) is 0 Å². The number of aliphatic hydroxyl groups excluding tert-OH is 1. The van der Waals surface area contributed by atoms with E-state index in [0.29, 0.717) is 5.56 Å². The van der Waals surface area contributed by atoms with Gasteiger partial charge in [-0.05, 0) is 24.6 Å². The second kappa shape index (κ2) is 11.6. The van der Waals surface area contributed by atoms with E-state index < -0.39 is 42.5 Å². The molecule has 0 amide bonds. The zero-order valence-corrected chi connectivity index (χ0v) is 19.0. The third-order valence-electron chi connectivity index (χ3n) is 5.14. The number of esters is 2. The standard InChI is InChI=1S/C24H28O9/c1-6-7-8-19(29)18-11-17(12-25)9-10-20(18)32-24-23(31-16(5)28)22(30-15(4)27)13(2)21(33-24)14(3)26/h1,9-11,13,21-25H,7-8,12H2,2-5H3/t13-,21+,22+,23-,24-/m1/s1. The van der Waals surface area contributed by atoms with Gasteiger partial charge in [0.25, 0.3) is 0 Å². The number of hydrogen-bond acceptors (Lipinski definition) is 9. The van der Waals surface area contributed by atoms with Crippen LogP contribution in [0.15, 0.2) is 18.2 Å². The average molecular weight is 460 g/mol. The lowest BCUT2D eigenvalue weighted by atomic mass is 9.88. The van der Waals surface area contributed by atoms with Gasteiger partial charge in [-0.15, -0.1) is 12.3 Å². The van der Waals surface area contributed by atoms with E-state index in [1.807, 2.05) is 0 Å².